The number of nitrogens with one attached hydrogen (secondary N) is 2. The number of carbonyl (C=O) groups excluding carboxylic acids is 1. The van der Waals surface area contributed by atoms with E-state index < -0.39 is 4.92 Å². The standard InChI is InChI=1S/C16H17N3O3/c1-12-6-8-13(9-7-12)18-16(20)10-11-17-14-4-2-3-5-15(14)19(21)22/h2-9,17H,10-11H2,1H3,(H,18,20). The molecule has 2 aromatic carbocycles. The maximum Gasteiger partial charge on any atom is 0.292 e. The number of aryl methyl sites for hydroxylation is 1. The largest absolute Gasteiger partial charge is 0.379 e. The van der Waals surface area contributed by atoms with Gasteiger partial charge in [0.15, 0.2) is 0 Å². The van der Waals surface area contributed by atoms with E-state index in [0.717, 1.165) is 11.3 Å². The molecule has 0 aliphatic rings. The molecule has 0 bridgehead atoms. The Labute approximate surface area is 128 Å². The Hall–Kier alpha value is -2.89. The normalized spacial score (nSPS) is 10.0. The second kappa shape index (κ2) is 7.21. The summed E-state index contributed by atoms with van der Waals surface area (Å²) in [5, 5.41) is 16.6. The van der Waals surface area contributed by atoms with Crippen LogP contribution in [0.2, 0.25) is 0 Å². The summed E-state index contributed by atoms with van der Waals surface area (Å²) >= 11 is 0. The van der Waals surface area contributed by atoms with Crippen molar-refractivity contribution in [3.05, 3.63) is 64.2 Å². The third-order valence-electron chi connectivity index (χ3n) is 3.10. The topological polar surface area (TPSA) is 84.3 Å². The molecule has 6 nitrogen and oxygen atoms in total. The van der Waals surface area contributed by atoms with Crippen LogP contribution < -0.4 is 10.6 Å². The quantitative estimate of drug-likeness (QED) is 0.633. The zero-order valence-electron chi connectivity index (χ0n) is 12.2. The first-order valence-electron chi connectivity index (χ1n) is 6.90. The molecule has 0 fully saturated rings. The number of rotatable bonds is 6. The molecule has 0 heterocycles. The number of nitrogens with zero attached hydrogens (tertiary/aromatic N) is 1. The van der Waals surface area contributed by atoms with Crippen molar-refractivity contribution in [2.24, 2.45) is 0 Å². The van der Waals surface area contributed by atoms with Gasteiger partial charge in [-0.15, -0.1) is 0 Å². The third-order valence-corrected chi connectivity index (χ3v) is 3.10. The summed E-state index contributed by atoms with van der Waals surface area (Å²) in [6, 6.07) is 13.9. The Morgan fingerprint density at radius 1 is 1.14 bits per heavy atom. The van der Waals surface area contributed by atoms with E-state index in [4.69, 9.17) is 0 Å². The molecular weight excluding hydrogens is 282 g/mol. The molecule has 2 aromatic rings. The first-order chi connectivity index (χ1) is 10.6. The van der Waals surface area contributed by atoms with Crippen LogP contribution in [0, 0.1) is 17.0 Å². The lowest BCUT2D eigenvalue weighted by atomic mass is 10.2. The zero-order chi connectivity index (χ0) is 15.9. The summed E-state index contributed by atoms with van der Waals surface area (Å²) in [6.07, 6.45) is 0.222. The van der Waals surface area contributed by atoms with Gasteiger partial charge in [0.25, 0.3) is 5.69 Å². The highest BCUT2D eigenvalue weighted by Crippen LogP contribution is 2.22. The Kier molecular flexibility index (Phi) is 5.08. The van der Waals surface area contributed by atoms with Gasteiger partial charge < -0.3 is 10.6 Å². The number of anilines is 2. The van der Waals surface area contributed by atoms with Crippen LogP contribution in [0.1, 0.15) is 12.0 Å². The Morgan fingerprint density at radius 3 is 2.50 bits per heavy atom. The lowest BCUT2D eigenvalue weighted by molar-refractivity contribution is -0.384. The first-order valence-corrected chi connectivity index (χ1v) is 6.90. The molecule has 1 amide bonds. The fourth-order valence-corrected chi connectivity index (χ4v) is 1.95. The van der Waals surface area contributed by atoms with Crippen molar-refractivity contribution in [3.8, 4) is 0 Å². The van der Waals surface area contributed by atoms with Gasteiger partial charge >= 0.3 is 0 Å². The van der Waals surface area contributed by atoms with Crippen LogP contribution in [-0.4, -0.2) is 17.4 Å². The minimum absolute atomic E-state index is 0.00134. The molecule has 0 saturated carbocycles. The molecule has 0 aliphatic carbocycles. The molecule has 0 saturated heterocycles. The second-order valence-corrected chi connectivity index (χ2v) is 4.87. The highest BCUT2D eigenvalue weighted by Gasteiger charge is 2.12. The van der Waals surface area contributed by atoms with Crippen molar-refractivity contribution < 1.29 is 9.72 Å². The summed E-state index contributed by atoms with van der Waals surface area (Å²) < 4.78 is 0. The fourth-order valence-electron chi connectivity index (χ4n) is 1.95. The van der Waals surface area contributed by atoms with E-state index in [1.165, 1.54) is 6.07 Å². The minimum Gasteiger partial charge on any atom is -0.379 e. The number of hydrogen-bond acceptors (Lipinski definition) is 4. The fraction of sp³-hybridized carbons (Fsp3) is 0.188. The zero-order valence-corrected chi connectivity index (χ0v) is 12.2. The molecular formula is C16H17N3O3. The van der Waals surface area contributed by atoms with E-state index in [1.54, 1.807) is 18.2 Å². The summed E-state index contributed by atoms with van der Waals surface area (Å²) in [7, 11) is 0. The monoisotopic (exact) mass is 299 g/mol. The predicted octanol–water partition coefficient (Wildman–Crippen LogP) is 3.34. The van der Waals surface area contributed by atoms with Crippen molar-refractivity contribution in [2.45, 2.75) is 13.3 Å². The lowest BCUT2D eigenvalue weighted by Crippen LogP contribution is -2.16. The number of amides is 1. The average Bonchev–Trinajstić information content (AvgIpc) is 2.50. The summed E-state index contributed by atoms with van der Waals surface area (Å²) in [4.78, 5) is 22.2. The summed E-state index contributed by atoms with van der Waals surface area (Å²) in [5.41, 5.74) is 2.27. The Morgan fingerprint density at radius 2 is 1.82 bits per heavy atom. The minimum atomic E-state index is -0.450. The average molecular weight is 299 g/mol. The molecule has 6 heteroatoms. The van der Waals surface area contributed by atoms with Gasteiger partial charge in [-0.05, 0) is 25.1 Å². The first kappa shape index (κ1) is 15.5. The summed E-state index contributed by atoms with van der Waals surface area (Å²) in [6.45, 7) is 2.30. The number of para-hydroxylation sites is 2. The van der Waals surface area contributed by atoms with Crippen LogP contribution >= 0.6 is 0 Å². The summed E-state index contributed by atoms with van der Waals surface area (Å²) in [5.74, 6) is -0.144. The van der Waals surface area contributed by atoms with Gasteiger partial charge in [-0.25, -0.2) is 0 Å². The maximum absolute atomic E-state index is 11.8. The predicted molar refractivity (Wildman–Crippen MR) is 86.0 cm³/mol. The van der Waals surface area contributed by atoms with Gasteiger partial charge in [0, 0.05) is 24.7 Å². The number of carbonyl (C=O) groups is 1. The molecule has 2 N–H and O–H groups in total. The van der Waals surface area contributed by atoms with Crippen LogP contribution in [-0.2, 0) is 4.79 Å². The van der Waals surface area contributed by atoms with E-state index in [9.17, 15) is 14.9 Å². The van der Waals surface area contributed by atoms with E-state index in [2.05, 4.69) is 10.6 Å². The second-order valence-electron chi connectivity index (χ2n) is 4.87. The van der Waals surface area contributed by atoms with Crippen molar-refractivity contribution >= 4 is 23.0 Å². The van der Waals surface area contributed by atoms with Crippen molar-refractivity contribution in [2.75, 3.05) is 17.2 Å². The van der Waals surface area contributed by atoms with E-state index in [0.29, 0.717) is 12.2 Å². The molecule has 0 unspecified atom stereocenters. The molecule has 0 aliphatic heterocycles. The van der Waals surface area contributed by atoms with Gasteiger partial charge in [-0.2, -0.15) is 0 Å². The number of nitro benzene ring substituents is 1. The molecule has 0 atom stereocenters. The van der Waals surface area contributed by atoms with Crippen LogP contribution in [0.3, 0.4) is 0 Å². The van der Waals surface area contributed by atoms with E-state index in [1.807, 2.05) is 31.2 Å². The Bertz CT molecular complexity index is 669. The van der Waals surface area contributed by atoms with Crippen molar-refractivity contribution in [1.82, 2.24) is 0 Å². The van der Waals surface area contributed by atoms with E-state index >= 15 is 0 Å². The highest BCUT2D eigenvalue weighted by molar-refractivity contribution is 5.91. The van der Waals surface area contributed by atoms with E-state index in [-0.39, 0.29) is 18.0 Å². The van der Waals surface area contributed by atoms with Gasteiger partial charge in [0.05, 0.1) is 4.92 Å². The molecule has 22 heavy (non-hydrogen) atoms. The molecule has 0 radical (unpaired) electrons. The van der Waals surface area contributed by atoms with Crippen LogP contribution in [0.4, 0.5) is 17.1 Å². The number of hydrogen-bond donors (Lipinski definition) is 2. The smallest absolute Gasteiger partial charge is 0.292 e. The molecule has 2 rings (SSSR count). The highest BCUT2D eigenvalue weighted by atomic mass is 16.6. The molecule has 0 aromatic heterocycles. The van der Waals surface area contributed by atoms with Crippen LogP contribution in [0.5, 0.6) is 0 Å². The number of nitro groups is 1. The van der Waals surface area contributed by atoms with Gasteiger partial charge in [0.1, 0.15) is 5.69 Å². The van der Waals surface area contributed by atoms with Gasteiger partial charge in [-0.3, -0.25) is 14.9 Å². The molecule has 114 valence electrons. The van der Waals surface area contributed by atoms with Crippen LogP contribution in [0.15, 0.2) is 48.5 Å². The van der Waals surface area contributed by atoms with Crippen LogP contribution in [0.25, 0.3) is 0 Å². The van der Waals surface area contributed by atoms with Crippen molar-refractivity contribution in [3.63, 3.8) is 0 Å². The van der Waals surface area contributed by atoms with Crippen molar-refractivity contribution in [1.29, 1.82) is 0 Å². The lowest BCUT2D eigenvalue weighted by Gasteiger charge is -2.08. The molecule has 0 spiro atoms. The van der Waals surface area contributed by atoms with Gasteiger partial charge in [0.2, 0.25) is 5.91 Å². The SMILES string of the molecule is Cc1ccc(NC(=O)CCNc2ccccc2[N+](=O)[O-])cc1. The Balaban J connectivity index is 1.85. The third kappa shape index (κ3) is 4.31. The number of benzene rings is 2. The van der Waals surface area contributed by atoms with Gasteiger partial charge in [-0.1, -0.05) is 29.8 Å². The maximum atomic E-state index is 11.8.